The van der Waals surface area contributed by atoms with Gasteiger partial charge in [-0.1, -0.05) is 18.2 Å². The number of rotatable bonds is 5. The second kappa shape index (κ2) is 8.05. The summed E-state index contributed by atoms with van der Waals surface area (Å²) in [6.07, 6.45) is 1.78. The summed E-state index contributed by atoms with van der Waals surface area (Å²) in [5.74, 6) is 1.17. The SMILES string of the molecule is CCN1C(=S)N[C@@H](c2ccccn2)[C@@H]1c1ccc(-c2ccc(C(=O)OC)cc2)o1. The summed E-state index contributed by atoms with van der Waals surface area (Å²) in [6, 6.07) is 16.7. The van der Waals surface area contributed by atoms with Crippen molar-refractivity contribution in [3.8, 4) is 11.3 Å². The quantitative estimate of drug-likeness (QED) is 0.504. The number of ether oxygens (including phenoxy) is 1. The molecule has 0 saturated carbocycles. The van der Waals surface area contributed by atoms with E-state index >= 15 is 0 Å². The average molecular weight is 407 g/mol. The number of thiocarbonyl (C=S) groups is 1. The van der Waals surface area contributed by atoms with E-state index in [0.717, 1.165) is 29.3 Å². The van der Waals surface area contributed by atoms with Crippen LogP contribution in [0.25, 0.3) is 11.3 Å². The molecule has 0 unspecified atom stereocenters. The normalized spacial score (nSPS) is 18.6. The van der Waals surface area contributed by atoms with Crippen LogP contribution in [0.4, 0.5) is 0 Å². The molecule has 3 aromatic rings. The van der Waals surface area contributed by atoms with Crippen molar-refractivity contribution in [2.45, 2.75) is 19.0 Å². The number of likely N-dealkylation sites (N-methyl/N-ethyl adjacent to an activating group) is 1. The Morgan fingerprint density at radius 1 is 1.21 bits per heavy atom. The highest BCUT2D eigenvalue weighted by atomic mass is 32.1. The van der Waals surface area contributed by atoms with E-state index in [0.29, 0.717) is 10.7 Å². The molecule has 1 saturated heterocycles. The Morgan fingerprint density at radius 2 is 2.00 bits per heavy atom. The summed E-state index contributed by atoms with van der Waals surface area (Å²) < 4.78 is 11.0. The summed E-state index contributed by atoms with van der Waals surface area (Å²) in [4.78, 5) is 18.2. The van der Waals surface area contributed by atoms with Crippen molar-refractivity contribution in [1.29, 1.82) is 0 Å². The van der Waals surface area contributed by atoms with Crippen LogP contribution >= 0.6 is 12.2 Å². The number of furan rings is 1. The number of carbonyl (C=O) groups excluding carboxylic acids is 1. The first-order valence-electron chi connectivity index (χ1n) is 9.39. The predicted octanol–water partition coefficient (Wildman–Crippen LogP) is 4.12. The Labute approximate surface area is 174 Å². The van der Waals surface area contributed by atoms with Gasteiger partial charge in [-0.05, 0) is 55.5 Å². The second-order valence-corrected chi connectivity index (χ2v) is 7.07. The lowest BCUT2D eigenvalue weighted by atomic mass is 10.0. The van der Waals surface area contributed by atoms with Crippen molar-refractivity contribution in [3.05, 3.63) is 77.8 Å². The van der Waals surface area contributed by atoms with Crippen LogP contribution in [0.15, 0.2) is 65.2 Å². The van der Waals surface area contributed by atoms with Crippen LogP contribution in [0.2, 0.25) is 0 Å². The maximum atomic E-state index is 11.6. The number of methoxy groups -OCH3 is 1. The minimum absolute atomic E-state index is 0.0921. The van der Waals surface area contributed by atoms with E-state index < -0.39 is 0 Å². The van der Waals surface area contributed by atoms with Gasteiger partial charge in [-0.3, -0.25) is 4.98 Å². The Kier molecular flexibility index (Phi) is 5.31. The van der Waals surface area contributed by atoms with Crippen LogP contribution in [0.1, 0.15) is 40.8 Å². The van der Waals surface area contributed by atoms with Crippen LogP contribution in [-0.2, 0) is 4.74 Å². The van der Waals surface area contributed by atoms with Gasteiger partial charge >= 0.3 is 5.97 Å². The molecule has 1 aliphatic rings. The highest BCUT2D eigenvalue weighted by Crippen LogP contribution is 2.40. The van der Waals surface area contributed by atoms with Gasteiger partial charge < -0.3 is 19.4 Å². The lowest BCUT2D eigenvalue weighted by molar-refractivity contribution is 0.0600. The zero-order valence-electron chi connectivity index (χ0n) is 16.2. The fourth-order valence-corrected chi connectivity index (χ4v) is 3.98. The van der Waals surface area contributed by atoms with Gasteiger partial charge in [-0.15, -0.1) is 0 Å². The Morgan fingerprint density at radius 3 is 2.66 bits per heavy atom. The molecule has 1 N–H and O–H groups in total. The molecule has 2 aromatic heterocycles. The molecule has 0 radical (unpaired) electrons. The molecule has 6 nitrogen and oxygen atoms in total. The molecule has 7 heteroatoms. The highest BCUT2D eigenvalue weighted by Gasteiger charge is 2.40. The van der Waals surface area contributed by atoms with Gasteiger partial charge in [0.15, 0.2) is 5.11 Å². The van der Waals surface area contributed by atoms with Crippen molar-refractivity contribution < 1.29 is 13.9 Å². The van der Waals surface area contributed by atoms with Gasteiger partial charge in [0.1, 0.15) is 17.6 Å². The zero-order valence-corrected chi connectivity index (χ0v) is 17.0. The number of aromatic nitrogens is 1. The summed E-state index contributed by atoms with van der Waals surface area (Å²) in [5, 5.41) is 4.07. The van der Waals surface area contributed by atoms with E-state index in [2.05, 4.69) is 22.1 Å². The Hall–Kier alpha value is -3.19. The molecule has 4 rings (SSSR count). The number of carbonyl (C=O) groups is 1. The van der Waals surface area contributed by atoms with E-state index in [9.17, 15) is 4.79 Å². The molecule has 0 spiro atoms. The first-order valence-corrected chi connectivity index (χ1v) is 9.79. The molecule has 1 fully saturated rings. The third kappa shape index (κ3) is 3.61. The minimum atomic E-state index is -0.362. The molecule has 0 bridgehead atoms. The van der Waals surface area contributed by atoms with Crippen molar-refractivity contribution >= 4 is 23.3 Å². The van der Waals surface area contributed by atoms with Gasteiger partial charge in [0.25, 0.3) is 0 Å². The predicted molar refractivity (Wildman–Crippen MR) is 113 cm³/mol. The van der Waals surface area contributed by atoms with Crippen LogP contribution in [0, 0.1) is 0 Å². The number of esters is 1. The summed E-state index contributed by atoms with van der Waals surface area (Å²) in [7, 11) is 1.37. The first-order chi connectivity index (χ1) is 14.1. The third-order valence-electron chi connectivity index (χ3n) is 5.05. The molecule has 2 atom stereocenters. The van der Waals surface area contributed by atoms with E-state index in [1.54, 1.807) is 18.3 Å². The standard InChI is InChI=1S/C22H21N3O3S/c1-3-25-20(19(24-22(25)29)16-6-4-5-13-23-16)18-12-11-17(28-18)14-7-9-15(10-8-14)21(26)27-2/h4-13,19-20H,3H2,1-2H3,(H,24,29)/t19-,20-/m0/s1. The number of nitrogens with zero attached hydrogens (tertiary/aromatic N) is 2. The largest absolute Gasteiger partial charge is 0.465 e. The molecule has 0 aliphatic carbocycles. The van der Waals surface area contributed by atoms with Gasteiger partial charge in [0.2, 0.25) is 0 Å². The van der Waals surface area contributed by atoms with Crippen molar-refractivity contribution in [3.63, 3.8) is 0 Å². The molecule has 3 heterocycles. The number of benzene rings is 1. The maximum Gasteiger partial charge on any atom is 0.337 e. The van der Waals surface area contributed by atoms with Crippen LogP contribution in [-0.4, -0.2) is 34.6 Å². The number of nitrogens with one attached hydrogen (secondary N) is 1. The van der Waals surface area contributed by atoms with Gasteiger partial charge in [-0.25, -0.2) is 4.79 Å². The van der Waals surface area contributed by atoms with Crippen molar-refractivity contribution in [2.75, 3.05) is 13.7 Å². The average Bonchev–Trinajstić information content (AvgIpc) is 3.38. The van der Waals surface area contributed by atoms with E-state index in [-0.39, 0.29) is 18.1 Å². The van der Waals surface area contributed by atoms with Crippen LogP contribution < -0.4 is 5.32 Å². The van der Waals surface area contributed by atoms with Gasteiger partial charge in [0.05, 0.1) is 24.4 Å². The van der Waals surface area contributed by atoms with Crippen LogP contribution in [0.3, 0.4) is 0 Å². The molecule has 1 aromatic carbocycles. The Bertz CT molecular complexity index is 1020. The molecular formula is C22H21N3O3S. The lowest BCUT2D eigenvalue weighted by Gasteiger charge is -2.24. The van der Waals surface area contributed by atoms with E-state index in [4.69, 9.17) is 21.4 Å². The second-order valence-electron chi connectivity index (χ2n) is 6.68. The highest BCUT2D eigenvalue weighted by molar-refractivity contribution is 7.80. The van der Waals surface area contributed by atoms with E-state index in [1.807, 2.05) is 42.5 Å². The van der Waals surface area contributed by atoms with E-state index in [1.165, 1.54) is 7.11 Å². The monoisotopic (exact) mass is 407 g/mol. The smallest absolute Gasteiger partial charge is 0.337 e. The molecule has 148 valence electrons. The third-order valence-corrected chi connectivity index (χ3v) is 5.40. The van der Waals surface area contributed by atoms with Crippen molar-refractivity contribution in [2.24, 2.45) is 0 Å². The van der Waals surface area contributed by atoms with Crippen LogP contribution in [0.5, 0.6) is 0 Å². The maximum absolute atomic E-state index is 11.6. The zero-order chi connectivity index (χ0) is 20.4. The van der Waals surface area contributed by atoms with Gasteiger partial charge in [-0.2, -0.15) is 0 Å². The molecule has 0 amide bonds. The lowest BCUT2D eigenvalue weighted by Crippen LogP contribution is -2.29. The molecule has 1 aliphatic heterocycles. The number of hydrogen-bond acceptors (Lipinski definition) is 5. The summed E-state index contributed by atoms with van der Waals surface area (Å²) in [6.45, 7) is 2.82. The summed E-state index contributed by atoms with van der Waals surface area (Å²) in [5.41, 5.74) is 2.30. The topological polar surface area (TPSA) is 67.6 Å². The Balaban J connectivity index is 1.66. The fourth-order valence-electron chi connectivity index (χ4n) is 3.61. The fraction of sp³-hybridized carbons (Fsp3) is 0.227. The van der Waals surface area contributed by atoms with Gasteiger partial charge in [0, 0.05) is 18.3 Å². The summed E-state index contributed by atoms with van der Waals surface area (Å²) >= 11 is 5.55. The minimum Gasteiger partial charge on any atom is -0.465 e. The first kappa shape index (κ1) is 19.1. The number of hydrogen-bond donors (Lipinski definition) is 1. The molecular weight excluding hydrogens is 386 g/mol. The molecule has 29 heavy (non-hydrogen) atoms. The number of pyridine rings is 1. The van der Waals surface area contributed by atoms with Crippen molar-refractivity contribution in [1.82, 2.24) is 15.2 Å².